The maximum Gasteiger partial charge on any atom is 0.253 e. The lowest BCUT2D eigenvalue weighted by atomic mass is 10.0. The number of carbonyl (C=O) groups excluding carboxylic acids is 3. The van der Waals surface area contributed by atoms with Gasteiger partial charge in [0.25, 0.3) is 5.91 Å². The molecule has 7 heteroatoms. The first-order valence-electron chi connectivity index (χ1n) is 8.29. The standard InChI is InChI=1S/C18H23ClN2O4/c1-11(2)16(18(24)21-8-4-5-12(21)10-22)20-17(23)14-7-6-13(25-3)9-15(14)19/h6-7,9-12,16H,4-5,8H2,1-3H3,(H,20,23)/t12-,16-/m0/s1. The predicted octanol–water partition coefficient (Wildman–Crippen LogP) is 2.29. The van der Waals surface area contributed by atoms with Gasteiger partial charge in [0.1, 0.15) is 18.1 Å². The van der Waals surface area contributed by atoms with Gasteiger partial charge in [-0.3, -0.25) is 9.59 Å². The Morgan fingerprint density at radius 3 is 2.68 bits per heavy atom. The van der Waals surface area contributed by atoms with Crippen LogP contribution in [0.2, 0.25) is 5.02 Å². The summed E-state index contributed by atoms with van der Waals surface area (Å²) in [6, 6.07) is 3.62. The minimum absolute atomic E-state index is 0.124. The third-order valence-corrected chi connectivity index (χ3v) is 4.69. The molecule has 1 aromatic carbocycles. The van der Waals surface area contributed by atoms with Gasteiger partial charge < -0.3 is 19.7 Å². The van der Waals surface area contributed by atoms with Gasteiger partial charge in [-0.25, -0.2) is 0 Å². The van der Waals surface area contributed by atoms with Gasteiger partial charge in [0.15, 0.2) is 0 Å². The van der Waals surface area contributed by atoms with Crippen molar-refractivity contribution in [3.05, 3.63) is 28.8 Å². The first kappa shape index (κ1) is 19.2. The van der Waals surface area contributed by atoms with Crippen LogP contribution in [0.5, 0.6) is 5.75 Å². The van der Waals surface area contributed by atoms with Gasteiger partial charge in [0.2, 0.25) is 5.91 Å². The molecule has 1 heterocycles. The van der Waals surface area contributed by atoms with Crippen LogP contribution in [0.15, 0.2) is 18.2 Å². The Labute approximate surface area is 152 Å². The van der Waals surface area contributed by atoms with E-state index < -0.39 is 18.0 Å². The Kier molecular flexibility index (Phi) is 6.42. The first-order valence-corrected chi connectivity index (χ1v) is 8.67. The monoisotopic (exact) mass is 366 g/mol. The molecule has 1 aliphatic rings. The van der Waals surface area contributed by atoms with Gasteiger partial charge >= 0.3 is 0 Å². The molecule has 0 saturated carbocycles. The van der Waals surface area contributed by atoms with Crippen molar-refractivity contribution in [2.24, 2.45) is 5.92 Å². The molecule has 0 radical (unpaired) electrons. The topological polar surface area (TPSA) is 75.7 Å². The summed E-state index contributed by atoms with van der Waals surface area (Å²) < 4.78 is 5.07. The molecule has 1 aromatic rings. The molecule has 6 nitrogen and oxygen atoms in total. The Morgan fingerprint density at radius 1 is 1.40 bits per heavy atom. The molecule has 0 bridgehead atoms. The Hall–Kier alpha value is -2.08. The lowest BCUT2D eigenvalue weighted by Crippen LogP contribution is -2.52. The minimum Gasteiger partial charge on any atom is -0.497 e. The number of halogens is 1. The number of methoxy groups -OCH3 is 1. The van der Waals surface area contributed by atoms with E-state index >= 15 is 0 Å². The van der Waals surface area contributed by atoms with E-state index in [0.29, 0.717) is 18.7 Å². The van der Waals surface area contributed by atoms with Gasteiger partial charge in [0, 0.05) is 6.54 Å². The average Bonchev–Trinajstić information content (AvgIpc) is 3.07. The van der Waals surface area contributed by atoms with Gasteiger partial charge in [-0.2, -0.15) is 0 Å². The third-order valence-electron chi connectivity index (χ3n) is 4.38. The number of amides is 2. The fraction of sp³-hybridized carbons (Fsp3) is 0.500. The molecule has 0 aromatic heterocycles. The van der Waals surface area contributed by atoms with Crippen molar-refractivity contribution in [1.29, 1.82) is 0 Å². The van der Waals surface area contributed by atoms with Gasteiger partial charge in [-0.1, -0.05) is 25.4 Å². The second-order valence-electron chi connectivity index (χ2n) is 6.42. The molecule has 0 aliphatic carbocycles. The van der Waals surface area contributed by atoms with E-state index in [0.717, 1.165) is 12.7 Å². The highest BCUT2D eigenvalue weighted by Gasteiger charge is 2.35. The number of rotatable bonds is 6. The summed E-state index contributed by atoms with van der Waals surface area (Å²) in [5.41, 5.74) is 0.272. The summed E-state index contributed by atoms with van der Waals surface area (Å²) >= 11 is 6.14. The lowest BCUT2D eigenvalue weighted by molar-refractivity contribution is -0.137. The minimum atomic E-state index is -0.716. The van der Waals surface area contributed by atoms with Crippen LogP contribution in [0.25, 0.3) is 0 Å². The Balaban J connectivity index is 2.17. The van der Waals surface area contributed by atoms with Crippen LogP contribution in [0.4, 0.5) is 0 Å². The second-order valence-corrected chi connectivity index (χ2v) is 6.83. The second kappa shape index (κ2) is 8.34. The van der Waals surface area contributed by atoms with Gasteiger partial charge in [-0.05, 0) is 37.0 Å². The summed E-state index contributed by atoms with van der Waals surface area (Å²) in [6.07, 6.45) is 2.25. The smallest absolute Gasteiger partial charge is 0.253 e. The summed E-state index contributed by atoms with van der Waals surface area (Å²) in [6.45, 7) is 4.24. The van der Waals surface area contributed by atoms with E-state index in [1.54, 1.807) is 23.1 Å². The summed E-state index contributed by atoms with van der Waals surface area (Å²) in [5.74, 6) is -0.241. The third kappa shape index (κ3) is 4.31. The van der Waals surface area contributed by atoms with Crippen molar-refractivity contribution in [2.45, 2.75) is 38.8 Å². The van der Waals surface area contributed by atoms with Crippen LogP contribution in [-0.4, -0.2) is 48.7 Å². The average molecular weight is 367 g/mol. The SMILES string of the molecule is COc1ccc(C(=O)N[C@H](C(=O)N2CCC[C@H]2C=O)C(C)C)c(Cl)c1. The number of likely N-dealkylation sites (tertiary alicyclic amines) is 1. The molecule has 1 N–H and O–H groups in total. The Morgan fingerprint density at radius 2 is 2.12 bits per heavy atom. The molecule has 2 rings (SSSR count). The quantitative estimate of drug-likeness (QED) is 0.784. The van der Waals surface area contributed by atoms with Crippen molar-refractivity contribution in [2.75, 3.05) is 13.7 Å². The van der Waals surface area contributed by atoms with Crippen LogP contribution in [-0.2, 0) is 9.59 Å². The van der Waals surface area contributed by atoms with E-state index in [1.807, 2.05) is 13.8 Å². The van der Waals surface area contributed by atoms with E-state index in [9.17, 15) is 14.4 Å². The number of nitrogens with one attached hydrogen (secondary N) is 1. The lowest BCUT2D eigenvalue weighted by Gasteiger charge is -2.29. The zero-order valence-electron chi connectivity index (χ0n) is 14.6. The molecular weight excluding hydrogens is 344 g/mol. The van der Waals surface area contributed by atoms with Crippen molar-refractivity contribution in [1.82, 2.24) is 10.2 Å². The summed E-state index contributed by atoms with van der Waals surface area (Å²) in [4.78, 5) is 38.1. The van der Waals surface area contributed by atoms with Crippen LogP contribution < -0.4 is 10.1 Å². The largest absolute Gasteiger partial charge is 0.497 e. The molecular formula is C18H23ClN2O4. The number of aldehydes is 1. The number of benzene rings is 1. The highest BCUT2D eigenvalue weighted by Crippen LogP contribution is 2.23. The number of hydrogen-bond donors (Lipinski definition) is 1. The normalized spacial score (nSPS) is 18.1. The summed E-state index contributed by atoms with van der Waals surface area (Å²) in [5, 5.41) is 3.01. The molecule has 25 heavy (non-hydrogen) atoms. The number of carbonyl (C=O) groups is 3. The van der Waals surface area contributed by atoms with Gasteiger partial charge in [-0.15, -0.1) is 0 Å². The van der Waals surface area contributed by atoms with Crippen LogP contribution >= 0.6 is 11.6 Å². The first-order chi connectivity index (χ1) is 11.9. The van der Waals surface area contributed by atoms with E-state index in [4.69, 9.17) is 16.3 Å². The van der Waals surface area contributed by atoms with E-state index in [-0.39, 0.29) is 22.4 Å². The molecule has 136 valence electrons. The molecule has 1 aliphatic heterocycles. The zero-order chi connectivity index (χ0) is 18.6. The number of hydrogen-bond acceptors (Lipinski definition) is 4. The predicted molar refractivity (Wildman–Crippen MR) is 94.9 cm³/mol. The highest BCUT2D eigenvalue weighted by molar-refractivity contribution is 6.34. The van der Waals surface area contributed by atoms with Crippen molar-refractivity contribution >= 4 is 29.7 Å². The summed E-state index contributed by atoms with van der Waals surface area (Å²) in [7, 11) is 1.51. The maximum atomic E-state index is 12.8. The maximum absolute atomic E-state index is 12.8. The van der Waals surface area contributed by atoms with Gasteiger partial charge in [0.05, 0.1) is 23.7 Å². The van der Waals surface area contributed by atoms with Crippen molar-refractivity contribution in [3.8, 4) is 5.75 Å². The van der Waals surface area contributed by atoms with E-state index in [1.165, 1.54) is 7.11 Å². The zero-order valence-corrected chi connectivity index (χ0v) is 15.4. The molecule has 0 spiro atoms. The number of ether oxygens (including phenoxy) is 1. The molecule has 2 atom stereocenters. The van der Waals surface area contributed by atoms with Crippen LogP contribution in [0, 0.1) is 5.92 Å². The fourth-order valence-corrected chi connectivity index (χ4v) is 3.18. The highest BCUT2D eigenvalue weighted by atomic mass is 35.5. The fourth-order valence-electron chi connectivity index (χ4n) is 2.93. The van der Waals surface area contributed by atoms with Crippen LogP contribution in [0.1, 0.15) is 37.0 Å². The van der Waals surface area contributed by atoms with E-state index in [2.05, 4.69) is 5.32 Å². The molecule has 1 saturated heterocycles. The van der Waals surface area contributed by atoms with Crippen LogP contribution in [0.3, 0.4) is 0 Å². The Bertz CT molecular complexity index is 662. The number of nitrogens with zero attached hydrogens (tertiary/aromatic N) is 1. The molecule has 2 amide bonds. The van der Waals surface area contributed by atoms with Crippen molar-refractivity contribution in [3.63, 3.8) is 0 Å². The van der Waals surface area contributed by atoms with Crippen molar-refractivity contribution < 1.29 is 19.1 Å². The molecule has 0 unspecified atom stereocenters. The molecule has 1 fully saturated rings.